The zero-order valence-corrected chi connectivity index (χ0v) is 19.4. The van der Waals surface area contributed by atoms with Gasteiger partial charge in [-0.3, -0.25) is 0 Å². The number of carbonyl (C=O) groups is 2. The van der Waals surface area contributed by atoms with Gasteiger partial charge in [-0.1, -0.05) is 11.6 Å². The second-order valence-corrected chi connectivity index (χ2v) is 8.25. The molecule has 0 aliphatic carbocycles. The minimum Gasteiger partial charge on any atom is -0.475 e. The van der Waals surface area contributed by atoms with E-state index in [4.69, 9.17) is 16.3 Å². The summed E-state index contributed by atoms with van der Waals surface area (Å²) in [6, 6.07) is 1.34. The Morgan fingerprint density at radius 2 is 1.88 bits per heavy atom. The third-order valence-corrected chi connectivity index (χ3v) is 5.78. The fourth-order valence-electron chi connectivity index (χ4n) is 2.76. The monoisotopic (exact) mass is 529 g/mol. The number of ether oxygens (including phenoxy) is 4. The van der Waals surface area contributed by atoms with Gasteiger partial charge in [0, 0.05) is 22.1 Å². The predicted molar refractivity (Wildman–Crippen MR) is 113 cm³/mol. The Labute approximate surface area is 200 Å². The van der Waals surface area contributed by atoms with Gasteiger partial charge in [0.05, 0.1) is 5.57 Å². The van der Waals surface area contributed by atoms with Crippen molar-refractivity contribution in [1.29, 1.82) is 0 Å². The molecule has 1 aliphatic rings. The molecule has 1 heterocycles. The summed E-state index contributed by atoms with van der Waals surface area (Å²) in [6.45, 7) is 1.92. The number of hydrogen-bond donors (Lipinski definition) is 0. The standard InChI is InChI=1S/C19H19ClF3NO9S/c1-10-7-14-12(11(2)15(10)20)8-13(16(33-14)19(21,22)23)17(25)30-9-31-18(26)29-3-5-34-6-4-32-24(27)28/h7-8,16H,3-6,9H2,1-2H3. The lowest BCUT2D eigenvalue weighted by molar-refractivity contribution is -0.756. The van der Waals surface area contributed by atoms with Crippen LogP contribution < -0.4 is 4.74 Å². The van der Waals surface area contributed by atoms with Crippen molar-refractivity contribution < 1.29 is 51.6 Å². The highest BCUT2D eigenvalue weighted by molar-refractivity contribution is 7.99. The van der Waals surface area contributed by atoms with E-state index in [2.05, 4.69) is 19.0 Å². The van der Waals surface area contributed by atoms with Crippen molar-refractivity contribution in [3.63, 3.8) is 0 Å². The van der Waals surface area contributed by atoms with Gasteiger partial charge in [-0.05, 0) is 37.1 Å². The molecule has 0 saturated heterocycles. The highest BCUT2D eigenvalue weighted by Crippen LogP contribution is 2.41. The average Bonchev–Trinajstić information content (AvgIpc) is 2.75. The van der Waals surface area contributed by atoms with Crippen molar-refractivity contribution >= 4 is 41.6 Å². The molecule has 1 aliphatic heterocycles. The highest BCUT2D eigenvalue weighted by atomic mass is 35.5. The molecule has 0 N–H and O–H groups in total. The van der Waals surface area contributed by atoms with E-state index in [9.17, 15) is 32.9 Å². The number of carbonyl (C=O) groups excluding carboxylic acids is 2. The number of benzene rings is 1. The van der Waals surface area contributed by atoms with E-state index in [-0.39, 0.29) is 36.0 Å². The quantitative estimate of drug-likeness (QED) is 0.143. The van der Waals surface area contributed by atoms with Crippen LogP contribution in [0.15, 0.2) is 11.6 Å². The van der Waals surface area contributed by atoms with E-state index in [1.54, 1.807) is 13.8 Å². The van der Waals surface area contributed by atoms with E-state index in [0.717, 1.165) is 6.08 Å². The largest absolute Gasteiger partial charge is 0.511 e. The number of rotatable bonds is 10. The predicted octanol–water partition coefficient (Wildman–Crippen LogP) is 4.26. The molecule has 188 valence electrons. The average molecular weight is 530 g/mol. The summed E-state index contributed by atoms with van der Waals surface area (Å²) in [7, 11) is 0. The van der Waals surface area contributed by atoms with E-state index in [1.165, 1.54) is 17.8 Å². The summed E-state index contributed by atoms with van der Waals surface area (Å²) in [5.74, 6) is -0.935. The lowest BCUT2D eigenvalue weighted by Crippen LogP contribution is -2.41. The Bertz CT molecular complexity index is 971. The van der Waals surface area contributed by atoms with Crippen LogP contribution in [0, 0.1) is 24.0 Å². The molecule has 0 radical (unpaired) electrons. The molecule has 1 aromatic carbocycles. The number of nitrogens with zero attached hydrogens (tertiary/aromatic N) is 1. The third kappa shape index (κ3) is 7.58. The van der Waals surface area contributed by atoms with Crippen molar-refractivity contribution in [3.8, 4) is 5.75 Å². The van der Waals surface area contributed by atoms with Gasteiger partial charge in [-0.25, -0.2) is 9.59 Å². The topological polar surface area (TPSA) is 123 Å². The third-order valence-electron chi connectivity index (χ3n) is 4.29. The van der Waals surface area contributed by atoms with Crippen LogP contribution in [0.5, 0.6) is 5.75 Å². The van der Waals surface area contributed by atoms with Crippen molar-refractivity contribution in [2.45, 2.75) is 26.1 Å². The second-order valence-electron chi connectivity index (χ2n) is 6.65. The van der Waals surface area contributed by atoms with Crippen LogP contribution >= 0.6 is 23.4 Å². The molecule has 0 spiro atoms. The molecule has 0 saturated carbocycles. The summed E-state index contributed by atoms with van der Waals surface area (Å²) in [5, 5.41) is 9.35. The molecule has 2 rings (SSSR count). The molecule has 1 aromatic rings. The van der Waals surface area contributed by atoms with Gasteiger partial charge in [0.2, 0.25) is 12.9 Å². The summed E-state index contributed by atoms with van der Waals surface area (Å²) in [6.07, 6.45) is -7.75. The molecule has 1 atom stereocenters. The Morgan fingerprint density at radius 3 is 2.53 bits per heavy atom. The number of halogens is 4. The zero-order valence-electron chi connectivity index (χ0n) is 17.8. The van der Waals surface area contributed by atoms with Crippen molar-refractivity contribution in [3.05, 3.63) is 43.5 Å². The highest BCUT2D eigenvalue weighted by Gasteiger charge is 2.49. The van der Waals surface area contributed by atoms with Gasteiger partial charge < -0.3 is 23.8 Å². The molecule has 0 bridgehead atoms. The van der Waals surface area contributed by atoms with Crippen LogP contribution in [0.3, 0.4) is 0 Å². The second kappa shape index (κ2) is 12.0. The van der Waals surface area contributed by atoms with Crippen molar-refractivity contribution in [1.82, 2.24) is 0 Å². The smallest absolute Gasteiger partial charge is 0.475 e. The SMILES string of the molecule is Cc1cc2c(c(C)c1Cl)C=C(C(=O)OCOC(=O)OCCSCCO[N+](=O)[O-])C(C(F)(F)F)O2. The minimum absolute atomic E-state index is 0.0825. The van der Waals surface area contributed by atoms with Gasteiger partial charge in [-0.2, -0.15) is 24.9 Å². The normalized spacial score (nSPS) is 14.9. The fraction of sp³-hybridized carbons (Fsp3) is 0.474. The lowest BCUT2D eigenvalue weighted by atomic mass is 9.96. The van der Waals surface area contributed by atoms with E-state index in [1.807, 2.05) is 0 Å². The van der Waals surface area contributed by atoms with Crippen LogP contribution in [0.1, 0.15) is 16.7 Å². The van der Waals surface area contributed by atoms with Gasteiger partial charge in [0.15, 0.2) is 0 Å². The summed E-state index contributed by atoms with van der Waals surface area (Å²) < 4.78 is 59.4. The number of esters is 1. The molecule has 15 heteroatoms. The van der Waals surface area contributed by atoms with Crippen LogP contribution in [-0.4, -0.2) is 61.0 Å². The Morgan fingerprint density at radius 1 is 1.21 bits per heavy atom. The lowest BCUT2D eigenvalue weighted by Gasteiger charge is -2.29. The molecule has 1 unspecified atom stereocenters. The number of thioether (sulfide) groups is 1. The van der Waals surface area contributed by atoms with Crippen LogP contribution in [0.2, 0.25) is 5.02 Å². The first-order chi connectivity index (χ1) is 15.9. The maximum Gasteiger partial charge on any atom is 0.511 e. The number of alkyl halides is 3. The fourth-order valence-corrected chi connectivity index (χ4v) is 3.51. The molecule has 0 fully saturated rings. The molecule has 34 heavy (non-hydrogen) atoms. The first-order valence-electron chi connectivity index (χ1n) is 9.48. The molecule has 0 aromatic heterocycles. The summed E-state index contributed by atoms with van der Waals surface area (Å²) >= 11 is 7.35. The molecule has 10 nitrogen and oxygen atoms in total. The molecule has 0 amide bonds. The van der Waals surface area contributed by atoms with Crippen LogP contribution in [0.4, 0.5) is 18.0 Å². The summed E-state index contributed by atoms with van der Waals surface area (Å²) in [4.78, 5) is 37.9. The Balaban J connectivity index is 1.90. The van der Waals surface area contributed by atoms with Crippen LogP contribution in [-0.2, 0) is 23.8 Å². The first-order valence-corrected chi connectivity index (χ1v) is 11.0. The minimum atomic E-state index is -4.92. The number of fused-ring (bicyclic) bond motifs is 1. The zero-order chi connectivity index (χ0) is 25.5. The molecular weight excluding hydrogens is 511 g/mol. The van der Waals surface area contributed by atoms with Gasteiger partial charge in [0.1, 0.15) is 19.0 Å². The van der Waals surface area contributed by atoms with Gasteiger partial charge >= 0.3 is 18.3 Å². The van der Waals surface area contributed by atoms with Gasteiger partial charge in [-0.15, -0.1) is 10.1 Å². The van der Waals surface area contributed by atoms with Crippen LogP contribution in [0.25, 0.3) is 6.08 Å². The van der Waals surface area contributed by atoms with E-state index in [0.29, 0.717) is 16.1 Å². The Kier molecular flexibility index (Phi) is 9.67. The Hall–Kier alpha value is -2.87. The molecular formula is C19H19ClF3NO9S. The maximum absolute atomic E-state index is 13.5. The maximum atomic E-state index is 13.5. The van der Waals surface area contributed by atoms with Crippen molar-refractivity contribution in [2.75, 3.05) is 31.5 Å². The van der Waals surface area contributed by atoms with E-state index >= 15 is 0 Å². The first kappa shape index (κ1) is 27.4. The summed E-state index contributed by atoms with van der Waals surface area (Å²) in [5.41, 5.74) is 0.288. The van der Waals surface area contributed by atoms with Crippen molar-refractivity contribution in [2.24, 2.45) is 0 Å². The number of aryl methyl sites for hydroxylation is 1. The van der Waals surface area contributed by atoms with E-state index < -0.39 is 41.9 Å². The number of hydrogen-bond acceptors (Lipinski definition) is 10. The van der Waals surface area contributed by atoms with Gasteiger partial charge in [0.25, 0.3) is 5.09 Å².